The zero-order chi connectivity index (χ0) is 8.97. The van der Waals surface area contributed by atoms with E-state index in [9.17, 15) is 9.18 Å². The standard InChI is InChI=1S/C7H13FN2O2/c8-6-1-2-10(5-6)3-4-12-7(9)11/h6H,1-5H2,(H2,9,11). The van der Waals surface area contributed by atoms with Gasteiger partial charge in [0, 0.05) is 19.6 Å². The second-order valence-corrected chi connectivity index (χ2v) is 2.85. The van der Waals surface area contributed by atoms with E-state index in [1.54, 1.807) is 0 Å². The summed E-state index contributed by atoms with van der Waals surface area (Å²) in [7, 11) is 0. The fourth-order valence-electron chi connectivity index (χ4n) is 1.26. The summed E-state index contributed by atoms with van der Waals surface area (Å²) in [6.45, 7) is 2.01. The van der Waals surface area contributed by atoms with E-state index in [0.29, 0.717) is 19.5 Å². The van der Waals surface area contributed by atoms with Crippen LogP contribution in [0.3, 0.4) is 0 Å². The van der Waals surface area contributed by atoms with Crippen LogP contribution in [0.4, 0.5) is 9.18 Å². The molecule has 0 bridgehead atoms. The van der Waals surface area contributed by atoms with Crippen molar-refractivity contribution >= 4 is 6.09 Å². The molecule has 1 heterocycles. The van der Waals surface area contributed by atoms with E-state index in [-0.39, 0.29) is 6.61 Å². The third kappa shape index (κ3) is 3.04. The highest BCUT2D eigenvalue weighted by molar-refractivity contribution is 5.64. The summed E-state index contributed by atoms with van der Waals surface area (Å²) in [5, 5.41) is 0. The maximum atomic E-state index is 12.6. The highest BCUT2D eigenvalue weighted by Gasteiger charge is 2.21. The molecule has 1 aliphatic rings. The highest BCUT2D eigenvalue weighted by atomic mass is 19.1. The van der Waals surface area contributed by atoms with Crippen LogP contribution >= 0.6 is 0 Å². The summed E-state index contributed by atoms with van der Waals surface area (Å²) in [5.74, 6) is 0. The molecule has 12 heavy (non-hydrogen) atoms. The number of ether oxygens (including phenoxy) is 1. The van der Waals surface area contributed by atoms with Crippen molar-refractivity contribution in [2.24, 2.45) is 5.73 Å². The van der Waals surface area contributed by atoms with Crippen LogP contribution in [0.1, 0.15) is 6.42 Å². The van der Waals surface area contributed by atoms with E-state index in [4.69, 9.17) is 5.73 Å². The molecule has 0 saturated carbocycles. The van der Waals surface area contributed by atoms with Crippen LogP contribution in [0.15, 0.2) is 0 Å². The van der Waals surface area contributed by atoms with Crippen molar-refractivity contribution in [3.8, 4) is 0 Å². The molecule has 0 aromatic carbocycles. The van der Waals surface area contributed by atoms with Crippen molar-refractivity contribution in [3.05, 3.63) is 0 Å². The molecule has 0 spiro atoms. The van der Waals surface area contributed by atoms with Crippen molar-refractivity contribution in [3.63, 3.8) is 0 Å². The first-order valence-corrected chi connectivity index (χ1v) is 3.97. The fraction of sp³-hybridized carbons (Fsp3) is 0.857. The molecule has 1 saturated heterocycles. The Balaban J connectivity index is 2.04. The largest absolute Gasteiger partial charge is 0.448 e. The van der Waals surface area contributed by atoms with Crippen LogP contribution < -0.4 is 5.73 Å². The second-order valence-electron chi connectivity index (χ2n) is 2.85. The van der Waals surface area contributed by atoms with Gasteiger partial charge in [0.1, 0.15) is 12.8 Å². The third-order valence-corrected chi connectivity index (χ3v) is 1.87. The minimum Gasteiger partial charge on any atom is -0.448 e. The molecule has 1 fully saturated rings. The molecule has 1 rings (SSSR count). The number of halogens is 1. The topological polar surface area (TPSA) is 55.6 Å². The molecular weight excluding hydrogens is 163 g/mol. The summed E-state index contributed by atoms with van der Waals surface area (Å²) in [5.41, 5.74) is 4.75. The molecule has 1 unspecified atom stereocenters. The molecular formula is C7H13FN2O2. The van der Waals surface area contributed by atoms with Crippen LogP contribution in [0, 0.1) is 0 Å². The quantitative estimate of drug-likeness (QED) is 0.664. The molecule has 5 heteroatoms. The lowest BCUT2D eigenvalue weighted by Gasteiger charge is -2.13. The molecule has 2 N–H and O–H groups in total. The van der Waals surface area contributed by atoms with Gasteiger partial charge in [-0.3, -0.25) is 4.90 Å². The van der Waals surface area contributed by atoms with Crippen LogP contribution in [-0.2, 0) is 4.74 Å². The minimum atomic E-state index is -0.772. The Hall–Kier alpha value is -0.840. The van der Waals surface area contributed by atoms with Crippen molar-refractivity contribution < 1.29 is 13.9 Å². The van der Waals surface area contributed by atoms with Crippen molar-refractivity contribution in [1.82, 2.24) is 4.90 Å². The van der Waals surface area contributed by atoms with E-state index in [2.05, 4.69) is 4.74 Å². The smallest absolute Gasteiger partial charge is 0.404 e. The van der Waals surface area contributed by atoms with Gasteiger partial charge in [0.2, 0.25) is 0 Å². The first-order valence-electron chi connectivity index (χ1n) is 3.97. The summed E-state index contributed by atoms with van der Waals surface area (Å²) in [6.07, 6.45) is -0.916. The highest BCUT2D eigenvalue weighted by Crippen LogP contribution is 2.10. The van der Waals surface area contributed by atoms with Gasteiger partial charge in [-0.25, -0.2) is 9.18 Å². The predicted molar refractivity (Wildman–Crippen MR) is 41.5 cm³/mol. The van der Waals surface area contributed by atoms with Gasteiger partial charge in [-0.05, 0) is 6.42 Å². The molecule has 1 aliphatic heterocycles. The number of likely N-dealkylation sites (tertiary alicyclic amines) is 1. The van der Waals surface area contributed by atoms with E-state index in [0.717, 1.165) is 6.54 Å². The van der Waals surface area contributed by atoms with E-state index >= 15 is 0 Å². The lowest BCUT2D eigenvalue weighted by molar-refractivity contribution is 0.140. The number of hydrogen-bond donors (Lipinski definition) is 1. The van der Waals surface area contributed by atoms with Gasteiger partial charge in [0.25, 0.3) is 0 Å². The monoisotopic (exact) mass is 176 g/mol. The maximum absolute atomic E-state index is 12.6. The van der Waals surface area contributed by atoms with Crippen molar-refractivity contribution in [1.29, 1.82) is 0 Å². The number of nitrogens with zero attached hydrogens (tertiary/aromatic N) is 1. The van der Waals surface area contributed by atoms with Crippen molar-refractivity contribution in [2.75, 3.05) is 26.2 Å². The summed E-state index contributed by atoms with van der Waals surface area (Å²) < 4.78 is 17.1. The van der Waals surface area contributed by atoms with Gasteiger partial charge in [0.15, 0.2) is 0 Å². The van der Waals surface area contributed by atoms with Crippen LogP contribution in [-0.4, -0.2) is 43.4 Å². The molecule has 0 radical (unpaired) electrons. The average Bonchev–Trinajstić information content (AvgIpc) is 2.35. The Labute approximate surface area is 70.5 Å². The van der Waals surface area contributed by atoms with Gasteiger partial charge in [-0.2, -0.15) is 0 Å². The van der Waals surface area contributed by atoms with Gasteiger partial charge >= 0.3 is 6.09 Å². The summed E-state index contributed by atoms with van der Waals surface area (Å²) in [4.78, 5) is 12.1. The predicted octanol–water partition coefficient (Wildman–Crippen LogP) is 0.125. The van der Waals surface area contributed by atoms with Gasteiger partial charge in [-0.15, -0.1) is 0 Å². The first kappa shape index (κ1) is 9.25. The number of nitrogens with two attached hydrogens (primary N) is 1. The number of hydrogen-bond acceptors (Lipinski definition) is 3. The zero-order valence-electron chi connectivity index (χ0n) is 6.83. The Bertz CT molecular complexity index is 165. The number of rotatable bonds is 3. The van der Waals surface area contributed by atoms with Gasteiger partial charge in [-0.1, -0.05) is 0 Å². The lowest BCUT2D eigenvalue weighted by Crippen LogP contribution is -2.27. The number of carbonyl (C=O) groups excluding carboxylic acids is 1. The Morgan fingerprint density at radius 2 is 2.50 bits per heavy atom. The molecule has 70 valence electrons. The third-order valence-electron chi connectivity index (χ3n) is 1.87. The first-order chi connectivity index (χ1) is 5.68. The number of amides is 1. The van der Waals surface area contributed by atoms with E-state index in [1.807, 2.05) is 4.90 Å². The molecule has 0 aromatic rings. The van der Waals surface area contributed by atoms with Crippen LogP contribution in [0.25, 0.3) is 0 Å². The maximum Gasteiger partial charge on any atom is 0.404 e. The zero-order valence-corrected chi connectivity index (χ0v) is 6.83. The SMILES string of the molecule is NC(=O)OCCN1CCC(F)C1. The fourth-order valence-corrected chi connectivity index (χ4v) is 1.26. The Kier molecular flexibility index (Phi) is 3.28. The normalized spacial score (nSPS) is 24.2. The number of alkyl halides is 1. The van der Waals surface area contributed by atoms with Crippen LogP contribution in [0.5, 0.6) is 0 Å². The lowest BCUT2D eigenvalue weighted by atomic mass is 10.3. The Morgan fingerprint density at radius 3 is 3.00 bits per heavy atom. The average molecular weight is 176 g/mol. The molecule has 0 aromatic heterocycles. The van der Waals surface area contributed by atoms with Crippen molar-refractivity contribution in [2.45, 2.75) is 12.6 Å². The second kappa shape index (κ2) is 4.25. The minimum absolute atomic E-state index is 0.252. The van der Waals surface area contributed by atoms with E-state index in [1.165, 1.54) is 0 Å². The van der Waals surface area contributed by atoms with Gasteiger partial charge < -0.3 is 10.5 Å². The summed E-state index contributed by atoms with van der Waals surface area (Å²) in [6, 6.07) is 0. The molecule has 1 atom stereocenters. The summed E-state index contributed by atoms with van der Waals surface area (Å²) >= 11 is 0. The number of primary amides is 1. The van der Waals surface area contributed by atoms with Crippen LogP contribution in [0.2, 0.25) is 0 Å². The van der Waals surface area contributed by atoms with Gasteiger partial charge in [0.05, 0.1) is 0 Å². The Morgan fingerprint density at radius 1 is 1.75 bits per heavy atom. The molecule has 1 amide bonds. The molecule has 4 nitrogen and oxygen atoms in total. The molecule has 0 aliphatic carbocycles. The number of carbonyl (C=O) groups is 1. The van der Waals surface area contributed by atoms with E-state index < -0.39 is 12.3 Å².